The summed E-state index contributed by atoms with van der Waals surface area (Å²) in [6, 6.07) is 0. The first-order valence-electron chi connectivity index (χ1n) is 8.73. The smallest absolute Gasteiger partial charge is 0.225 e. The second-order valence-electron chi connectivity index (χ2n) is 6.91. The van der Waals surface area contributed by atoms with Crippen molar-refractivity contribution in [1.82, 2.24) is 14.9 Å². The van der Waals surface area contributed by atoms with Gasteiger partial charge in [-0.15, -0.1) is 0 Å². The van der Waals surface area contributed by atoms with Gasteiger partial charge in [0, 0.05) is 44.1 Å². The normalized spacial score (nSPS) is 27.3. The van der Waals surface area contributed by atoms with Gasteiger partial charge in [-0.1, -0.05) is 0 Å². The number of fused-ring (bicyclic) bond motifs is 1. The Morgan fingerprint density at radius 1 is 1.09 bits per heavy atom. The maximum atomic E-state index is 13.0. The molecule has 1 aromatic heterocycles. The fourth-order valence-corrected chi connectivity index (χ4v) is 3.94. The van der Waals surface area contributed by atoms with Crippen molar-refractivity contribution in [3.8, 4) is 0 Å². The van der Waals surface area contributed by atoms with E-state index in [1.165, 1.54) is 18.4 Å². The molecule has 1 aromatic rings. The van der Waals surface area contributed by atoms with E-state index in [1.807, 2.05) is 4.90 Å². The maximum Gasteiger partial charge on any atom is 0.225 e. The Balaban J connectivity index is 1.50. The molecule has 0 radical (unpaired) electrons. The molecular weight excluding hydrogens is 295 g/mol. The van der Waals surface area contributed by atoms with Gasteiger partial charge in [0.05, 0.1) is 5.69 Å². The Morgan fingerprint density at radius 2 is 1.83 bits per heavy atom. The molecule has 3 heterocycles. The lowest BCUT2D eigenvalue weighted by Crippen LogP contribution is -2.43. The lowest BCUT2D eigenvalue weighted by Gasteiger charge is -2.33. The summed E-state index contributed by atoms with van der Waals surface area (Å²) in [5.41, 5.74) is 2.29. The van der Waals surface area contributed by atoms with E-state index in [0.29, 0.717) is 25.9 Å². The van der Waals surface area contributed by atoms with Crippen molar-refractivity contribution < 1.29 is 9.18 Å². The summed E-state index contributed by atoms with van der Waals surface area (Å²) < 4.78 is 13.0. The molecule has 4 rings (SSSR count). The molecule has 0 unspecified atom stereocenters. The number of amides is 1. The molecule has 3 aliphatic rings. The average molecular weight is 318 g/mol. The monoisotopic (exact) mass is 318 g/mol. The van der Waals surface area contributed by atoms with Crippen molar-refractivity contribution >= 4 is 11.7 Å². The zero-order chi connectivity index (χ0) is 15.8. The molecule has 0 aromatic carbocycles. The van der Waals surface area contributed by atoms with Crippen LogP contribution in [0.5, 0.6) is 0 Å². The third kappa shape index (κ3) is 2.79. The van der Waals surface area contributed by atoms with Crippen molar-refractivity contribution in [3.63, 3.8) is 0 Å². The molecule has 124 valence electrons. The van der Waals surface area contributed by atoms with Crippen LogP contribution in [0.15, 0.2) is 6.33 Å². The summed E-state index contributed by atoms with van der Waals surface area (Å²) in [5.74, 6) is 1.09. The molecule has 6 heteroatoms. The zero-order valence-corrected chi connectivity index (χ0v) is 13.4. The fourth-order valence-electron chi connectivity index (χ4n) is 3.94. The highest BCUT2D eigenvalue weighted by molar-refractivity contribution is 5.80. The standard InChI is InChI=1S/C17H23FN4O/c18-13-9-12(10-13)17(23)22-7-3-14-15(4-8-22)19-11-20-16(14)21-5-1-2-6-21/h11-13H,1-10H2. The largest absolute Gasteiger partial charge is 0.356 e. The Morgan fingerprint density at radius 3 is 2.57 bits per heavy atom. The van der Waals surface area contributed by atoms with Crippen molar-refractivity contribution in [2.24, 2.45) is 5.92 Å². The predicted molar refractivity (Wildman–Crippen MR) is 85.1 cm³/mol. The maximum absolute atomic E-state index is 13.0. The van der Waals surface area contributed by atoms with Crippen molar-refractivity contribution in [3.05, 3.63) is 17.6 Å². The molecule has 0 spiro atoms. The van der Waals surface area contributed by atoms with E-state index in [9.17, 15) is 9.18 Å². The summed E-state index contributed by atoms with van der Waals surface area (Å²) in [4.78, 5) is 25.7. The van der Waals surface area contributed by atoms with E-state index in [2.05, 4.69) is 14.9 Å². The SMILES string of the molecule is O=C(C1CC(F)C1)N1CCc2ncnc(N3CCCC3)c2CC1. The number of aromatic nitrogens is 2. The number of anilines is 1. The van der Waals surface area contributed by atoms with Crippen LogP contribution in [0.2, 0.25) is 0 Å². The van der Waals surface area contributed by atoms with E-state index in [1.54, 1.807) is 6.33 Å². The van der Waals surface area contributed by atoms with Gasteiger partial charge in [-0.3, -0.25) is 4.79 Å². The summed E-state index contributed by atoms with van der Waals surface area (Å²) in [6.45, 7) is 3.52. The number of halogens is 1. The Kier molecular flexibility index (Phi) is 3.91. The minimum atomic E-state index is -0.777. The molecule has 1 saturated heterocycles. The van der Waals surface area contributed by atoms with Crippen LogP contribution >= 0.6 is 0 Å². The average Bonchev–Trinajstić information content (AvgIpc) is 2.97. The van der Waals surface area contributed by atoms with Gasteiger partial charge >= 0.3 is 0 Å². The molecule has 5 nitrogen and oxygen atoms in total. The molecule has 0 N–H and O–H groups in total. The Hall–Kier alpha value is -1.72. The summed E-state index contributed by atoms with van der Waals surface area (Å²) in [7, 11) is 0. The quantitative estimate of drug-likeness (QED) is 0.834. The first-order valence-corrected chi connectivity index (χ1v) is 8.73. The van der Waals surface area contributed by atoms with Gasteiger partial charge in [0.25, 0.3) is 0 Å². The van der Waals surface area contributed by atoms with E-state index >= 15 is 0 Å². The first kappa shape index (κ1) is 14.8. The molecule has 2 aliphatic heterocycles. The Labute approximate surface area is 135 Å². The third-order valence-electron chi connectivity index (χ3n) is 5.41. The number of hydrogen-bond acceptors (Lipinski definition) is 4. The van der Waals surface area contributed by atoms with Gasteiger partial charge in [0.2, 0.25) is 5.91 Å². The van der Waals surface area contributed by atoms with Gasteiger partial charge in [0.1, 0.15) is 18.3 Å². The minimum Gasteiger partial charge on any atom is -0.356 e. The summed E-state index contributed by atoms with van der Waals surface area (Å²) >= 11 is 0. The Bertz CT molecular complexity index is 596. The summed E-state index contributed by atoms with van der Waals surface area (Å²) in [6.07, 6.45) is 5.70. The molecule has 1 amide bonds. The minimum absolute atomic E-state index is 0.102. The third-order valence-corrected chi connectivity index (χ3v) is 5.41. The highest BCUT2D eigenvalue weighted by Crippen LogP contribution is 2.33. The number of nitrogens with zero attached hydrogens (tertiary/aromatic N) is 4. The molecule has 0 atom stereocenters. The van der Waals surface area contributed by atoms with Crippen molar-refractivity contribution in [1.29, 1.82) is 0 Å². The fraction of sp³-hybridized carbons (Fsp3) is 0.706. The molecule has 23 heavy (non-hydrogen) atoms. The number of rotatable bonds is 2. The van der Waals surface area contributed by atoms with Crippen LogP contribution in [0.25, 0.3) is 0 Å². The van der Waals surface area contributed by atoms with Crippen LogP contribution in [0, 0.1) is 5.92 Å². The molecule has 2 fully saturated rings. The van der Waals surface area contributed by atoms with E-state index in [4.69, 9.17) is 0 Å². The lowest BCUT2D eigenvalue weighted by molar-refractivity contribution is -0.140. The molecular formula is C17H23FN4O. The second kappa shape index (κ2) is 6.06. The van der Waals surface area contributed by atoms with Crippen LogP contribution in [-0.4, -0.2) is 53.1 Å². The van der Waals surface area contributed by atoms with Crippen LogP contribution in [0.4, 0.5) is 10.2 Å². The van der Waals surface area contributed by atoms with E-state index in [0.717, 1.165) is 37.4 Å². The predicted octanol–water partition coefficient (Wildman–Crippen LogP) is 1.75. The van der Waals surface area contributed by atoms with Crippen molar-refractivity contribution in [2.75, 3.05) is 31.1 Å². The van der Waals surface area contributed by atoms with E-state index < -0.39 is 6.17 Å². The second-order valence-corrected chi connectivity index (χ2v) is 6.91. The zero-order valence-electron chi connectivity index (χ0n) is 13.4. The molecule has 1 aliphatic carbocycles. The first-order chi connectivity index (χ1) is 11.2. The van der Waals surface area contributed by atoms with Crippen molar-refractivity contribution in [2.45, 2.75) is 44.7 Å². The van der Waals surface area contributed by atoms with Crippen LogP contribution in [-0.2, 0) is 17.6 Å². The highest BCUT2D eigenvalue weighted by atomic mass is 19.1. The van der Waals surface area contributed by atoms with Crippen LogP contribution in [0.3, 0.4) is 0 Å². The van der Waals surface area contributed by atoms with Crippen LogP contribution < -0.4 is 4.90 Å². The number of alkyl halides is 1. The molecule has 0 bridgehead atoms. The number of carbonyl (C=O) groups is 1. The van der Waals surface area contributed by atoms with E-state index in [-0.39, 0.29) is 11.8 Å². The van der Waals surface area contributed by atoms with Gasteiger partial charge in [0.15, 0.2) is 0 Å². The lowest BCUT2D eigenvalue weighted by atomic mass is 9.82. The summed E-state index contributed by atoms with van der Waals surface area (Å²) in [5, 5.41) is 0. The topological polar surface area (TPSA) is 49.3 Å². The molecule has 1 saturated carbocycles. The van der Waals surface area contributed by atoms with Gasteiger partial charge in [-0.25, -0.2) is 14.4 Å². The van der Waals surface area contributed by atoms with Gasteiger partial charge in [-0.2, -0.15) is 0 Å². The number of hydrogen-bond donors (Lipinski definition) is 0. The van der Waals surface area contributed by atoms with Gasteiger partial charge in [-0.05, 0) is 32.1 Å². The van der Waals surface area contributed by atoms with Crippen LogP contribution in [0.1, 0.15) is 36.9 Å². The van der Waals surface area contributed by atoms with Gasteiger partial charge < -0.3 is 9.80 Å². The number of carbonyl (C=O) groups excluding carboxylic acids is 1. The highest BCUT2D eigenvalue weighted by Gasteiger charge is 2.37.